The number of aryl methyl sites for hydroxylation is 1. The fourth-order valence-corrected chi connectivity index (χ4v) is 2.43. The summed E-state index contributed by atoms with van der Waals surface area (Å²) < 4.78 is 1.88. The first kappa shape index (κ1) is 16.0. The zero-order chi connectivity index (χ0) is 16.1. The summed E-state index contributed by atoms with van der Waals surface area (Å²) in [6, 6.07) is 5.29. The molecule has 4 N–H and O–H groups in total. The smallest absolute Gasteiger partial charge is 0.256 e. The number of benzene rings is 1. The highest BCUT2D eigenvalue weighted by atomic mass is 16.3. The van der Waals surface area contributed by atoms with E-state index in [4.69, 9.17) is 10.8 Å². The van der Waals surface area contributed by atoms with Gasteiger partial charge in [0.2, 0.25) is 5.43 Å². The molecule has 0 aliphatic carbocycles. The molecular formula is C16H21N3O3. The lowest BCUT2D eigenvalue weighted by Gasteiger charge is -2.13. The Balaban J connectivity index is 2.55. The monoisotopic (exact) mass is 303 g/mol. The van der Waals surface area contributed by atoms with E-state index in [1.54, 1.807) is 18.3 Å². The summed E-state index contributed by atoms with van der Waals surface area (Å²) in [5, 5.41) is 11.8. The SMILES string of the molecule is CCCn1cc(C(=O)NCCCO)c(=O)c2c(N)cccc21. The highest BCUT2D eigenvalue weighted by molar-refractivity contribution is 6.00. The molecule has 118 valence electrons. The van der Waals surface area contributed by atoms with E-state index in [1.807, 2.05) is 17.6 Å². The molecule has 0 saturated heterocycles. The van der Waals surface area contributed by atoms with Crippen LogP contribution in [0.25, 0.3) is 10.9 Å². The third-order valence-electron chi connectivity index (χ3n) is 3.47. The van der Waals surface area contributed by atoms with Crippen molar-refractivity contribution < 1.29 is 9.90 Å². The molecule has 1 heterocycles. The Labute approximate surface area is 128 Å². The van der Waals surface area contributed by atoms with E-state index in [-0.39, 0.29) is 17.6 Å². The van der Waals surface area contributed by atoms with E-state index in [0.717, 1.165) is 11.9 Å². The molecule has 0 saturated carbocycles. The van der Waals surface area contributed by atoms with E-state index in [9.17, 15) is 9.59 Å². The molecule has 22 heavy (non-hydrogen) atoms. The first-order chi connectivity index (χ1) is 10.6. The largest absolute Gasteiger partial charge is 0.398 e. The number of aliphatic hydroxyl groups is 1. The molecule has 1 aromatic carbocycles. The maximum atomic E-state index is 12.6. The number of hydrogen-bond acceptors (Lipinski definition) is 4. The number of nitrogens with one attached hydrogen (secondary N) is 1. The van der Waals surface area contributed by atoms with Crippen LogP contribution in [0.2, 0.25) is 0 Å². The number of pyridine rings is 1. The highest BCUT2D eigenvalue weighted by Gasteiger charge is 2.16. The number of nitrogens with two attached hydrogens (primary N) is 1. The number of hydrogen-bond donors (Lipinski definition) is 3. The lowest BCUT2D eigenvalue weighted by molar-refractivity contribution is 0.0949. The number of aromatic nitrogens is 1. The van der Waals surface area contributed by atoms with Gasteiger partial charge in [0.1, 0.15) is 5.56 Å². The summed E-state index contributed by atoms with van der Waals surface area (Å²) in [4.78, 5) is 24.8. The predicted molar refractivity (Wildman–Crippen MR) is 86.9 cm³/mol. The number of nitrogen functional groups attached to an aromatic ring is 1. The van der Waals surface area contributed by atoms with Gasteiger partial charge in [-0.25, -0.2) is 0 Å². The second-order valence-electron chi connectivity index (χ2n) is 5.14. The molecule has 0 atom stereocenters. The maximum Gasteiger partial charge on any atom is 0.256 e. The number of fused-ring (bicyclic) bond motifs is 1. The fraction of sp³-hybridized carbons (Fsp3) is 0.375. The minimum atomic E-state index is -0.437. The van der Waals surface area contributed by atoms with Crippen LogP contribution in [0.15, 0.2) is 29.2 Å². The number of nitrogens with zero attached hydrogens (tertiary/aromatic N) is 1. The van der Waals surface area contributed by atoms with Crippen LogP contribution in [-0.2, 0) is 6.54 Å². The molecule has 0 aliphatic heterocycles. The van der Waals surface area contributed by atoms with Crippen molar-refractivity contribution in [2.45, 2.75) is 26.3 Å². The topological polar surface area (TPSA) is 97.4 Å². The summed E-state index contributed by atoms with van der Waals surface area (Å²) in [5.74, 6) is -0.437. The van der Waals surface area contributed by atoms with E-state index in [1.165, 1.54) is 0 Å². The number of aliphatic hydroxyl groups excluding tert-OH is 1. The van der Waals surface area contributed by atoms with Crippen molar-refractivity contribution in [1.29, 1.82) is 0 Å². The van der Waals surface area contributed by atoms with Crippen molar-refractivity contribution in [3.63, 3.8) is 0 Å². The Kier molecular flexibility index (Phi) is 5.16. The summed E-state index contributed by atoms with van der Waals surface area (Å²) >= 11 is 0. The number of carbonyl (C=O) groups excluding carboxylic acids is 1. The Morgan fingerprint density at radius 3 is 2.86 bits per heavy atom. The zero-order valence-corrected chi connectivity index (χ0v) is 12.6. The Morgan fingerprint density at radius 2 is 2.18 bits per heavy atom. The molecule has 0 fully saturated rings. The van der Waals surface area contributed by atoms with Crippen molar-refractivity contribution >= 4 is 22.5 Å². The van der Waals surface area contributed by atoms with Gasteiger partial charge in [0.15, 0.2) is 0 Å². The van der Waals surface area contributed by atoms with E-state index >= 15 is 0 Å². The number of carbonyl (C=O) groups is 1. The van der Waals surface area contributed by atoms with Crippen LogP contribution in [0, 0.1) is 0 Å². The van der Waals surface area contributed by atoms with Crippen molar-refractivity contribution in [2.24, 2.45) is 0 Å². The van der Waals surface area contributed by atoms with Crippen molar-refractivity contribution in [3.05, 3.63) is 40.2 Å². The first-order valence-corrected chi connectivity index (χ1v) is 7.40. The molecule has 1 amide bonds. The zero-order valence-electron chi connectivity index (χ0n) is 12.6. The summed E-state index contributed by atoms with van der Waals surface area (Å²) in [5.41, 5.74) is 6.76. The lowest BCUT2D eigenvalue weighted by Crippen LogP contribution is -2.31. The van der Waals surface area contributed by atoms with Gasteiger partial charge < -0.3 is 20.7 Å². The normalized spacial score (nSPS) is 10.8. The fourth-order valence-electron chi connectivity index (χ4n) is 2.43. The Hall–Kier alpha value is -2.34. The predicted octanol–water partition coefficient (Wildman–Crippen LogP) is 1.11. The first-order valence-electron chi connectivity index (χ1n) is 7.40. The lowest BCUT2D eigenvalue weighted by atomic mass is 10.1. The van der Waals surface area contributed by atoms with Crippen LogP contribution in [0.5, 0.6) is 0 Å². The Bertz CT molecular complexity index is 737. The molecule has 2 aromatic rings. The second kappa shape index (κ2) is 7.09. The molecule has 0 bridgehead atoms. The minimum absolute atomic E-state index is 0.00891. The third kappa shape index (κ3) is 3.12. The summed E-state index contributed by atoms with van der Waals surface area (Å²) in [6.07, 6.45) is 2.91. The minimum Gasteiger partial charge on any atom is -0.398 e. The molecule has 6 heteroatoms. The molecule has 1 aromatic heterocycles. The molecule has 0 aliphatic rings. The van der Waals surface area contributed by atoms with Gasteiger partial charge in [-0.05, 0) is 25.0 Å². The van der Waals surface area contributed by atoms with Gasteiger partial charge in [0.25, 0.3) is 5.91 Å². The highest BCUT2D eigenvalue weighted by Crippen LogP contribution is 2.18. The van der Waals surface area contributed by atoms with Gasteiger partial charge in [-0.1, -0.05) is 13.0 Å². The van der Waals surface area contributed by atoms with Crippen molar-refractivity contribution in [2.75, 3.05) is 18.9 Å². The van der Waals surface area contributed by atoms with Crippen LogP contribution >= 0.6 is 0 Å². The molecule has 6 nitrogen and oxygen atoms in total. The number of amides is 1. The molecular weight excluding hydrogens is 282 g/mol. The molecule has 0 radical (unpaired) electrons. The summed E-state index contributed by atoms with van der Waals surface area (Å²) in [7, 11) is 0. The van der Waals surface area contributed by atoms with Gasteiger partial charge in [-0.15, -0.1) is 0 Å². The van der Waals surface area contributed by atoms with E-state index in [2.05, 4.69) is 5.32 Å². The number of rotatable bonds is 6. The van der Waals surface area contributed by atoms with E-state index < -0.39 is 5.91 Å². The van der Waals surface area contributed by atoms with Gasteiger partial charge in [-0.3, -0.25) is 9.59 Å². The van der Waals surface area contributed by atoms with Gasteiger partial charge >= 0.3 is 0 Å². The summed E-state index contributed by atoms with van der Waals surface area (Å²) in [6.45, 7) is 3.03. The van der Waals surface area contributed by atoms with Gasteiger partial charge in [0, 0.05) is 31.6 Å². The second-order valence-corrected chi connectivity index (χ2v) is 5.14. The molecule has 2 rings (SSSR count). The number of anilines is 1. The van der Waals surface area contributed by atoms with Crippen LogP contribution in [0.1, 0.15) is 30.1 Å². The third-order valence-corrected chi connectivity index (χ3v) is 3.47. The maximum absolute atomic E-state index is 12.6. The van der Waals surface area contributed by atoms with Crippen LogP contribution in [0.3, 0.4) is 0 Å². The van der Waals surface area contributed by atoms with Crippen LogP contribution < -0.4 is 16.5 Å². The average Bonchev–Trinajstić information content (AvgIpc) is 2.50. The average molecular weight is 303 g/mol. The van der Waals surface area contributed by atoms with Crippen molar-refractivity contribution in [1.82, 2.24) is 9.88 Å². The van der Waals surface area contributed by atoms with Gasteiger partial charge in [0.05, 0.1) is 10.9 Å². The van der Waals surface area contributed by atoms with Crippen LogP contribution in [-0.4, -0.2) is 28.7 Å². The standard InChI is InChI=1S/C16H21N3O3/c1-2-8-19-10-11(16(22)18-7-4-9-20)15(21)14-12(17)5-3-6-13(14)19/h3,5-6,10,20H,2,4,7-9,17H2,1H3,(H,18,22). The molecule has 0 unspecified atom stereocenters. The quantitative estimate of drug-likeness (QED) is 0.550. The van der Waals surface area contributed by atoms with Crippen LogP contribution in [0.4, 0.5) is 5.69 Å². The van der Waals surface area contributed by atoms with Crippen molar-refractivity contribution in [3.8, 4) is 0 Å². The van der Waals surface area contributed by atoms with E-state index in [0.29, 0.717) is 30.6 Å². The van der Waals surface area contributed by atoms with Gasteiger partial charge in [-0.2, -0.15) is 0 Å². The Morgan fingerprint density at radius 1 is 1.41 bits per heavy atom. The molecule has 0 spiro atoms.